The number of hydrogen-bond donors (Lipinski definition) is 0. The van der Waals surface area contributed by atoms with Crippen LogP contribution in [0.4, 0.5) is 0 Å². The minimum Gasteiger partial charge on any atom is -0.455 e. The predicted molar refractivity (Wildman–Crippen MR) is 112 cm³/mol. The Balaban J connectivity index is 3.76. The summed E-state index contributed by atoms with van der Waals surface area (Å²) in [5, 5.41) is 0. The van der Waals surface area contributed by atoms with E-state index in [2.05, 4.69) is 40.0 Å². The lowest BCUT2D eigenvalue weighted by Crippen LogP contribution is -2.44. The highest BCUT2D eigenvalue weighted by Gasteiger charge is 2.31. The number of unbranched alkanes of at least 4 members (excludes halogenated alkanes) is 10. The molecule has 0 aromatic rings. The van der Waals surface area contributed by atoms with Gasteiger partial charge in [0.2, 0.25) is 0 Å². The highest BCUT2D eigenvalue weighted by atomic mass is 28.4. The van der Waals surface area contributed by atoms with E-state index in [1.807, 2.05) is 0 Å². The topological polar surface area (TPSA) is 9.23 Å². The van der Waals surface area contributed by atoms with Crippen molar-refractivity contribution in [2.75, 3.05) is 0 Å². The van der Waals surface area contributed by atoms with Gasteiger partial charge < -0.3 is 4.12 Å². The molecule has 0 spiro atoms. The molecule has 0 aliphatic carbocycles. The lowest BCUT2D eigenvalue weighted by atomic mass is 10.1. The lowest BCUT2D eigenvalue weighted by Gasteiger charge is -2.34. The van der Waals surface area contributed by atoms with Crippen molar-refractivity contribution >= 4 is 16.6 Å². The maximum Gasteiger partial charge on any atom is 0.173 e. The highest BCUT2D eigenvalue weighted by Crippen LogP contribution is 2.25. The molecule has 0 atom stereocenters. The Labute approximate surface area is 150 Å². The Morgan fingerprint density at radius 2 is 0.783 bits per heavy atom. The largest absolute Gasteiger partial charge is 0.455 e. The quantitative estimate of drug-likeness (QED) is 0.200. The Morgan fingerprint density at radius 1 is 0.478 bits per heavy atom. The maximum absolute atomic E-state index is 6.74. The second kappa shape index (κ2) is 13.7. The molecule has 140 valence electrons. The lowest BCUT2D eigenvalue weighted by molar-refractivity contribution is 0.519. The molecule has 0 N–H and O–H groups in total. The van der Waals surface area contributed by atoms with Gasteiger partial charge in [0.05, 0.1) is 0 Å². The molecule has 0 bridgehead atoms. The monoisotopic (exact) mass is 358 g/mol. The van der Waals surface area contributed by atoms with Gasteiger partial charge in [-0.15, -0.1) is 0 Å². The van der Waals surface area contributed by atoms with E-state index in [4.69, 9.17) is 4.12 Å². The molecule has 0 amide bonds. The van der Waals surface area contributed by atoms with Crippen LogP contribution in [0.15, 0.2) is 0 Å². The van der Waals surface area contributed by atoms with Crippen LogP contribution in [0.3, 0.4) is 0 Å². The second-order valence-corrected chi connectivity index (χ2v) is 17.5. The fraction of sp³-hybridized carbons (Fsp3) is 1.00. The minimum absolute atomic E-state index is 1.33. The van der Waals surface area contributed by atoms with Crippen molar-refractivity contribution in [3.63, 3.8) is 0 Å². The summed E-state index contributed by atoms with van der Waals surface area (Å²) in [5.74, 6) is 0. The first-order valence-corrected chi connectivity index (χ1v) is 16.8. The third kappa shape index (κ3) is 15.7. The third-order valence-corrected chi connectivity index (χ3v) is 12.4. The van der Waals surface area contributed by atoms with Crippen molar-refractivity contribution < 1.29 is 4.12 Å². The van der Waals surface area contributed by atoms with Gasteiger partial charge >= 0.3 is 0 Å². The van der Waals surface area contributed by atoms with Gasteiger partial charge in [0.15, 0.2) is 16.6 Å². The molecule has 0 saturated carbocycles. The fourth-order valence-corrected chi connectivity index (χ4v) is 12.5. The smallest absolute Gasteiger partial charge is 0.173 e. The molecule has 0 aliphatic heterocycles. The standard InChI is InChI=1S/C20H46OSi2/c1-7-9-11-13-14-15-16-18-20-23(5,6)21-22(3,4)19-17-12-10-8-2/h7-20H2,1-6H3. The molecule has 0 radical (unpaired) electrons. The summed E-state index contributed by atoms with van der Waals surface area (Å²) in [6.07, 6.45) is 16.9. The molecule has 0 aromatic carbocycles. The summed E-state index contributed by atoms with van der Waals surface area (Å²) in [4.78, 5) is 0. The van der Waals surface area contributed by atoms with Crippen LogP contribution in [-0.4, -0.2) is 16.6 Å². The van der Waals surface area contributed by atoms with Crippen molar-refractivity contribution in [1.29, 1.82) is 0 Å². The van der Waals surface area contributed by atoms with Gasteiger partial charge in [-0.3, -0.25) is 0 Å². The second-order valence-electron chi connectivity index (χ2n) is 8.66. The summed E-state index contributed by atoms with van der Waals surface area (Å²) in [6.45, 7) is 14.4. The van der Waals surface area contributed by atoms with Crippen molar-refractivity contribution in [3.05, 3.63) is 0 Å². The van der Waals surface area contributed by atoms with Crippen molar-refractivity contribution in [2.24, 2.45) is 0 Å². The normalized spacial score (nSPS) is 12.8. The van der Waals surface area contributed by atoms with E-state index in [1.165, 1.54) is 89.1 Å². The van der Waals surface area contributed by atoms with E-state index in [-0.39, 0.29) is 0 Å². The van der Waals surface area contributed by atoms with E-state index in [1.54, 1.807) is 0 Å². The van der Waals surface area contributed by atoms with Crippen molar-refractivity contribution in [3.8, 4) is 0 Å². The van der Waals surface area contributed by atoms with Crippen LogP contribution in [0.25, 0.3) is 0 Å². The first-order chi connectivity index (χ1) is 10.8. The highest BCUT2D eigenvalue weighted by molar-refractivity contribution is 6.84. The zero-order chi connectivity index (χ0) is 17.6. The molecule has 23 heavy (non-hydrogen) atoms. The molecule has 0 fully saturated rings. The Kier molecular flexibility index (Phi) is 13.9. The summed E-state index contributed by atoms with van der Waals surface area (Å²) in [6, 6.07) is 2.73. The van der Waals surface area contributed by atoms with Gasteiger partial charge in [-0.25, -0.2) is 0 Å². The van der Waals surface area contributed by atoms with Crippen LogP contribution in [0.2, 0.25) is 38.3 Å². The Bertz CT molecular complexity index is 264. The van der Waals surface area contributed by atoms with E-state index in [0.717, 1.165) is 0 Å². The van der Waals surface area contributed by atoms with E-state index in [9.17, 15) is 0 Å². The summed E-state index contributed by atoms with van der Waals surface area (Å²) < 4.78 is 6.74. The Hall–Kier alpha value is 0.394. The fourth-order valence-electron chi connectivity index (χ4n) is 3.51. The number of rotatable bonds is 16. The molecule has 3 heteroatoms. The van der Waals surface area contributed by atoms with Gasteiger partial charge in [-0.05, 0) is 38.3 Å². The molecule has 1 nitrogen and oxygen atoms in total. The summed E-state index contributed by atoms with van der Waals surface area (Å²) in [5.41, 5.74) is 0. The van der Waals surface area contributed by atoms with E-state index < -0.39 is 16.6 Å². The molecule has 0 saturated heterocycles. The molecule has 0 heterocycles. The zero-order valence-corrected chi connectivity index (χ0v) is 19.3. The van der Waals surface area contributed by atoms with Gasteiger partial charge in [-0.2, -0.15) is 0 Å². The van der Waals surface area contributed by atoms with Gasteiger partial charge in [-0.1, -0.05) is 90.9 Å². The van der Waals surface area contributed by atoms with Crippen LogP contribution in [0.5, 0.6) is 0 Å². The Morgan fingerprint density at radius 3 is 1.17 bits per heavy atom. The van der Waals surface area contributed by atoms with Crippen LogP contribution in [-0.2, 0) is 4.12 Å². The van der Waals surface area contributed by atoms with Crippen LogP contribution in [0.1, 0.15) is 90.9 Å². The van der Waals surface area contributed by atoms with Crippen LogP contribution < -0.4 is 0 Å². The molecule has 0 aromatic heterocycles. The maximum atomic E-state index is 6.74. The molecule has 0 rings (SSSR count). The molecule has 0 aliphatic rings. The molecule has 0 unspecified atom stereocenters. The van der Waals surface area contributed by atoms with Crippen molar-refractivity contribution in [2.45, 2.75) is 129 Å². The average molecular weight is 359 g/mol. The van der Waals surface area contributed by atoms with Gasteiger partial charge in [0.1, 0.15) is 0 Å². The van der Waals surface area contributed by atoms with Crippen LogP contribution in [0, 0.1) is 0 Å². The van der Waals surface area contributed by atoms with Gasteiger partial charge in [0.25, 0.3) is 0 Å². The SMILES string of the molecule is CCCCCCCCCC[Si](C)(C)O[Si](C)(C)CCCCCC. The third-order valence-electron chi connectivity index (χ3n) is 4.82. The van der Waals surface area contributed by atoms with Crippen LogP contribution >= 0.6 is 0 Å². The molecular weight excluding hydrogens is 312 g/mol. The van der Waals surface area contributed by atoms with E-state index in [0.29, 0.717) is 0 Å². The van der Waals surface area contributed by atoms with E-state index >= 15 is 0 Å². The van der Waals surface area contributed by atoms with Crippen molar-refractivity contribution in [1.82, 2.24) is 0 Å². The zero-order valence-electron chi connectivity index (χ0n) is 17.3. The first kappa shape index (κ1) is 23.4. The molecular formula is C20H46OSi2. The predicted octanol–water partition coefficient (Wildman–Crippen LogP) is 8.13. The number of hydrogen-bond acceptors (Lipinski definition) is 1. The van der Waals surface area contributed by atoms with Gasteiger partial charge in [0, 0.05) is 0 Å². The summed E-state index contributed by atoms with van der Waals surface area (Å²) >= 11 is 0. The summed E-state index contributed by atoms with van der Waals surface area (Å²) in [7, 11) is -2.84. The first-order valence-electron chi connectivity index (χ1n) is 10.5. The average Bonchev–Trinajstić information content (AvgIpc) is 2.45. The minimum atomic E-state index is -1.43.